The minimum atomic E-state index is -1.73. The molecule has 8 heteroatoms. The number of ether oxygens (including phenoxy) is 1. The second-order valence-corrected chi connectivity index (χ2v) is 11.1. The molecule has 0 aliphatic heterocycles. The predicted molar refractivity (Wildman–Crippen MR) is 134 cm³/mol. The zero-order valence-corrected chi connectivity index (χ0v) is 22.2. The number of halogens is 4. The monoisotopic (exact) mass is 527 g/mol. The first-order valence-electron chi connectivity index (χ1n) is 14.1. The van der Waals surface area contributed by atoms with Crippen LogP contribution in [0.2, 0.25) is 0 Å². The van der Waals surface area contributed by atoms with Gasteiger partial charge >= 0.3 is 5.97 Å². The molecule has 3 aliphatic carbocycles. The van der Waals surface area contributed by atoms with Gasteiger partial charge < -0.3 is 10.1 Å². The molecule has 3 aliphatic rings. The highest BCUT2D eigenvalue weighted by atomic mass is 19.2. The molecule has 0 aromatic heterocycles. The van der Waals surface area contributed by atoms with Gasteiger partial charge in [-0.15, -0.1) is 0 Å². The van der Waals surface area contributed by atoms with Crippen LogP contribution in [-0.2, 0) is 9.59 Å². The van der Waals surface area contributed by atoms with Crippen LogP contribution in [0.4, 0.5) is 17.6 Å². The Balaban J connectivity index is 1.56. The summed E-state index contributed by atoms with van der Waals surface area (Å²) in [6, 6.07) is 0.0723. The lowest BCUT2D eigenvalue weighted by Crippen LogP contribution is -2.53. The average Bonchev–Trinajstić information content (AvgIpc) is 3.39. The molecule has 4 nitrogen and oxygen atoms in total. The van der Waals surface area contributed by atoms with Gasteiger partial charge in [-0.2, -0.15) is 8.78 Å². The summed E-state index contributed by atoms with van der Waals surface area (Å²) in [5, 5.41) is 3.20. The third kappa shape index (κ3) is 7.47. The van der Waals surface area contributed by atoms with Crippen molar-refractivity contribution in [3.05, 3.63) is 29.3 Å². The van der Waals surface area contributed by atoms with Gasteiger partial charge in [-0.05, 0) is 38.0 Å². The van der Waals surface area contributed by atoms with Crippen molar-refractivity contribution in [3.63, 3.8) is 0 Å². The molecule has 0 heterocycles. The predicted octanol–water partition coefficient (Wildman–Crippen LogP) is 7.77. The molecule has 2 atom stereocenters. The highest BCUT2D eigenvalue weighted by Crippen LogP contribution is 2.56. The Morgan fingerprint density at radius 2 is 1.38 bits per heavy atom. The van der Waals surface area contributed by atoms with Gasteiger partial charge in [0.25, 0.3) is 0 Å². The van der Waals surface area contributed by atoms with E-state index in [0.29, 0.717) is 19.3 Å². The van der Waals surface area contributed by atoms with Crippen LogP contribution in [-0.4, -0.2) is 17.4 Å². The van der Waals surface area contributed by atoms with E-state index in [4.69, 9.17) is 4.74 Å². The van der Waals surface area contributed by atoms with E-state index < -0.39 is 46.4 Å². The maximum atomic E-state index is 14.0. The molecule has 37 heavy (non-hydrogen) atoms. The van der Waals surface area contributed by atoms with Crippen LogP contribution in [0.1, 0.15) is 110 Å². The van der Waals surface area contributed by atoms with E-state index in [1.165, 1.54) is 25.7 Å². The molecule has 4 rings (SSSR count). The number of esters is 1. The Kier molecular flexibility index (Phi) is 10.8. The van der Waals surface area contributed by atoms with Crippen LogP contribution in [0.3, 0.4) is 0 Å². The molecule has 2 unspecified atom stereocenters. The number of carbonyl (C=O) groups excluding carboxylic acids is 2. The molecule has 208 valence electrons. The molecule has 1 aromatic carbocycles. The maximum absolute atomic E-state index is 14.0. The third-order valence-electron chi connectivity index (χ3n) is 8.13. The Hall–Kier alpha value is -2.12. The van der Waals surface area contributed by atoms with Crippen molar-refractivity contribution in [2.45, 2.75) is 116 Å². The van der Waals surface area contributed by atoms with Crippen molar-refractivity contribution >= 4 is 11.9 Å². The lowest BCUT2D eigenvalue weighted by atomic mass is 9.75. The van der Waals surface area contributed by atoms with E-state index in [1.54, 1.807) is 0 Å². The Morgan fingerprint density at radius 3 is 1.95 bits per heavy atom. The summed E-state index contributed by atoms with van der Waals surface area (Å²) in [7, 11) is 0. The van der Waals surface area contributed by atoms with E-state index in [9.17, 15) is 27.2 Å². The summed E-state index contributed by atoms with van der Waals surface area (Å²) in [4.78, 5) is 26.0. The van der Waals surface area contributed by atoms with E-state index >= 15 is 0 Å². The van der Waals surface area contributed by atoms with Crippen molar-refractivity contribution < 1.29 is 31.9 Å². The summed E-state index contributed by atoms with van der Waals surface area (Å²) in [6.07, 6.45) is 14.5. The molecular formula is C29H41F4NO3. The van der Waals surface area contributed by atoms with Crippen molar-refractivity contribution in [1.29, 1.82) is 0 Å². The first-order valence-corrected chi connectivity index (χ1v) is 14.1. The number of benzene rings is 1. The van der Waals surface area contributed by atoms with Gasteiger partial charge in [0.1, 0.15) is 0 Å². The number of carbonyl (C=O) groups is 2. The van der Waals surface area contributed by atoms with Gasteiger partial charge in [-0.3, -0.25) is 9.59 Å². The third-order valence-corrected chi connectivity index (χ3v) is 8.13. The zero-order valence-electron chi connectivity index (χ0n) is 22.2. The minimum absolute atomic E-state index is 0.0156. The molecule has 3 fully saturated rings. The first kappa shape index (κ1) is 29.4. The van der Waals surface area contributed by atoms with Crippen molar-refractivity contribution in [3.8, 4) is 5.75 Å². The van der Waals surface area contributed by atoms with Crippen LogP contribution < -0.4 is 10.1 Å². The molecule has 0 radical (unpaired) electrons. The Bertz CT molecular complexity index is 906. The number of nitrogens with one attached hydrogen (secondary N) is 1. The second kappa shape index (κ2) is 13.6. The van der Waals surface area contributed by atoms with Crippen molar-refractivity contribution in [1.82, 2.24) is 5.32 Å². The Labute approximate surface area is 217 Å². The topological polar surface area (TPSA) is 55.4 Å². The van der Waals surface area contributed by atoms with E-state index in [-0.39, 0.29) is 23.8 Å². The summed E-state index contributed by atoms with van der Waals surface area (Å²) < 4.78 is 59.7. The SMILES string of the molecule is CCCCCCCCC(CCCCCC)C(=O)NC12CC(C1)C(C(=O)Oc1c(F)c(F)cc(F)c1F)C2. The number of hydrogen-bond donors (Lipinski definition) is 1. The maximum Gasteiger partial charge on any atom is 0.314 e. The molecule has 3 saturated carbocycles. The standard InChI is InChI=1S/C29H41F4NO3/c1-3-5-7-9-10-12-14-19(13-11-8-6-4-2)27(35)34-29-16-20(17-29)21(18-29)28(36)37-26-24(32)22(30)15-23(31)25(26)33/h15,19-21H,3-14,16-18H2,1-2H3,(H,34,35). The normalized spacial score (nSPS) is 23.0. The fraction of sp³-hybridized carbons (Fsp3) is 0.724. The molecule has 0 saturated heterocycles. The van der Waals surface area contributed by atoms with Crippen molar-refractivity contribution in [2.24, 2.45) is 17.8 Å². The quantitative estimate of drug-likeness (QED) is 0.0785. The molecule has 2 bridgehead atoms. The van der Waals surface area contributed by atoms with Gasteiger partial charge in [0.15, 0.2) is 11.6 Å². The van der Waals surface area contributed by atoms with Crippen LogP contribution in [0.25, 0.3) is 0 Å². The lowest BCUT2D eigenvalue weighted by Gasteiger charge is -2.40. The summed E-state index contributed by atoms with van der Waals surface area (Å²) in [5.41, 5.74) is -0.529. The smallest absolute Gasteiger partial charge is 0.314 e. The van der Waals surface area contributed by atoms with Gasteiger partial charge in [-0.25, -0.2) is 8.78 Å². The number of rotatable bonds is 16. The largest absolute Gasteiger partial charge is 0.420 e. The summed E-state index contributed by atoms with van der Waals surface area (Å²) in [6.45, 7) is 4.34. The highest BCUT2D eigenvalue weighted by Gasteiger charge is 2.59. The summed E-state index contributed by atoms with van der Waals surface area (Å²) in [5.74, 6) is -9.84. The summed E-state index contributed by atoms with van der Waals surface area (Å²) >= 11 is 0. The first-order chi connectivity index (χ1) is 17.7. The number of hydrogen-bond acceptors (Lipinski definition) is 3. The van der Waals surface area contributed by atoms with Crippen LogP contribution in [0, 0.1) is 41.0 Å². The highest BCUT2D eigenvalue weighted by molar-refractivity contribution is 5.81. The van der Waals surface area contributed by atoms with Crippen molar-refractivity contribution in [2.75, 3.05) is 0 Å². The fourth-order valence-electron chi connectivity index (χ4n) is 5.99. The minimum Gasteiger partial charge on any atom is -0.420 e. The van der Waals surface area contributed by atoms with E-state index in [0.717, 1.165) is 51.4 Å². The van der Waals surface area contributed by atoms with Crippen LogP contribution >= 0.6 is 0 Å². The molecular weight excluding hydrogens is 486 g/mol. The van der Waals surface area contributed by atoms with Gasteiger partial charge in [0, 0.05) is 17.5 Å². The van der Waals surface area contributed by atoms with Gasteiger partial charge in [0.05, 0.1) is 5.92 Å². The van der Waals surface area contributed by atoms with Gasteiger partial charge in [0.2, 0.25) is 23.3 Å². The van der Waals surface area contributed by atoms with Crippen LogP contribution in [0.5, 0.6) is 5.75 Å². The number of unbranched alkanes of at least 4 members (excludes halogenated alkanes) is 8. The average molecular weight is 528 g/mol. The molecule has 1 aromatic rings. The molecule has 0 spiro atoms. The van der Waals surface area contributed by atoms with E-state index in [2.05, 4.69) is 19.2 Å². The fourth-order valence-corrected chi connectivity index (χ4v) is 5.99. The zero-order chi connectivity index (χ0) is 27.0. The second-order valence-electron chi connectivity index (χ2n) is 11.1. The number of fused-ring (bicyclic) bond motifs is 1. The van der Waals surface area contributed by atoms with Crippen LogP contribution in [0.15, 0.2) is 6.07 Å². The van der Waals surface area contributed by atoms with E-state index in [1.807, 2.05) is 0 Å². The molecule has 1 amide bonds. The lowest BCUT2D eigenvalue weighted by molar-refractivity contribution is -0.140. The van der Waals surface area contributed by atoms with Gasteiger partial charge in [-0.1, -0.05) is 78.1 Å². The number of amides is 1. The molecule has 1 N–H and O–H groups in total. The Morgan fingerprint density at radius 1 is 0.865 bits per heavy atom.